The SMILES string of the molecule is CCCCCCCCCCCCC(=O)COCC. The Morgan fingerprint density at radius 2 is 1.28 bits per heavy atom. The molecule has 0 saturated carbocycles. The second kappa shape index (κ2) is 14.7. The number of carbonyl (C=O) groups excluding carboxylic acids is 1. The highest BCUT2D eigenvalue weighted by molar-refractivity contribution is 5.79. The first-order chi connectivity index (χ1) is 8.81. The molecule has 0 unspecified atom stereocenters. The molecule has 2 heteroatoms. The summed E-state index contributed by atoms with van der Waals surface area (Å²) < 4.78 is 5.09. The van der Waals surface area contributed by atoms with Gasteiger partial charge in [0.25, 0.3) is 0 Å². The molecule has 0 rings (SSSR count). The molecule has 0 aliphatic heterocycles. The minimum absolute atomic E-state index is 0.261. The third-order valence-corrected chi connectivity index (χ3v) is 3.28. The van der Waals surface area contributed by atoms with E-state index in [0.29, 0.717) is 19.6 Å². The van der Waals surface area contributed by atoms with Crippen LogP contribution in [0, 0.1) is 0 Å². The number of ketones is 1. The molecule has 0 aromatic heterocycles. The zero-order valence-corrected chi connectivity index (χ0v) is 12.5. The largest absolute Gasteiger partial charge is 0.374 e. The normalized spacial score (nSPS) is 10.8. The minimum atomic E-state index is 0.261. The van der Waals surface area contributed by atoms with E-state index in [1.54, 1.807) is 0 Å². The molecular formula is C16H32O2. The molecule has 0 aromatic carbocycles. The van der Waals surface area contributed by atoms with E-state index in [-0.39, 0.29) is 5.78 Å². The first kappa shape index (κ1) is 17.6. The predicted octanol–water partition coefficient (Wildman–Crippen LogP) is 4.90. The van der Waals surface area contributed by atoms with Crippen LogP contribution in [0.3, 0.4) is 0 Å². The maximum atomic E-state index is 11.3. The van der Waals surface area contributed by atoms with Crippen LogP contribution < -0.4 is 0 Å². The third-order valence-electron chi connectivity index (χ3n) is 3.28. The van der Waals surface area contributed by atoms with Crippen molar-refractivity contribution in [2.75, 3.05) is 13.2 Å². The highest BCUT2D eigenvalue weighted by atomic mass is 16.5. The Morgan fingerprint density at radius 1 is 0.778 bits per heavy atom. The molecule has 2 nitrogen and oxygen atoms in total. The van der Waals surface area contributed by atoms with Gasteiger partial charge in [0.05, 0.1) is 0 Å². The molecule has 0 atom stereocenters. The lowest BCUT2D eigenvalue weighted by molar-refractivity contribution is -0.123. The summed E-state index contributed by atoms with van der Waals surface area (Å²) in [6, 6.07) is 0. The van der Waals surface area contributed by atoms with Gasteiger partial charge in [-0.15, -0.1) is 0 Å². The zero-order chi connectivity index (χ0) is 13.5. The van der Waals surface area contributed by atoms with Crippen molar-refractivity contribution in [2.45, 2.75) is 84.5 Å². The number of carbonyl (C=O) groups is 1. The summed E-state index contributed by atoms with van der Waals surface area (Å²) >= 11 is 0. The van der Waals surface area contributed by atoms with Crippen LogP contribution in [0.15, 0.2) is 0 Å². The van der Waals surface area contributed by atoms with E-state index < -0.39 is 0 Å². The molecule has 0 bridgehead atoms. The van der Waals surface area contributed by atoms with Crippen LogP contribution >= 0.6 is 0 Å². The third kappa shape index (κ3) is 13.7. The lowest BCUT2D eigenvalue weighted by Crippen LogP contribution is -2.07. The molecular weight excluding hydrogens is 224 g/mol. The molecule has 0 heterocycles. The van der Waals surface area contributed by atoms with E-state index in [1.165, 1.54) is 57.8 Å². The maximum absolute atomic E-state index is 11.3. The first-order valence-corrected chi connectivity index (χ1v) is 7.90. The van der Waals surface area contributed by atoms with Gasteiger partial charge >= 0.3 is 0 Å². The smallest absolute Gasteiger partial charge is 0.158 e. The molecule has 0 aliphatic carbocycles. The summed E-state index contributed by atoms with van der Waals surface area (Å²) in [5.41, 5.74) is 0. The summed E-state index contributed by atoms with van der Waals surface area (Å²) in [5.74, 6) is 0.261. The Morgan fingerprint density at radius 3 is 1.78 bits per heavy atom. The van der Waals surface area contributed by atoms with E-state index in [0.717, 1.165) is 6.42 Å². The van der Waals surface area contributed by atoms with E-state index >= 15 is 0 Å². The van der Waals surface area contributed by atoms with Gasteiger partial charge in [-0.05, 0) is 13.3 Å². The average molecular weight is 256 g/mol. The van der Waals surface area contributed by atoms with Crippen LogP contribution in [0.4, 0.5) is 0 Å². The van der Waals surface area contributed by atoms with Crippen molar-refractivity contribution in [1.29, 1.82) is 0 Å². The van der Waals surface area contributed by atoms with Crippen LogP contribution in [-0.4, -0.2) is 19.0 Å². The molecule has 0 radical (unpaired) electrons. The lowest BCUT2D eigenvalue weighted by Gasteiger charge is -2.02. The van der Waals surface area contributed by atoms with Crippen molar-refractivity contribution < 1.29 is 9.53 Å². The van der Waals surface area contributed by atoms with Gasteiger partial charge < -0.3 is 4.74 Å². The Labute approximate surface area is 113 Å². The molecule has 0 fully saturated rings. The Balaban J connectivity index is 3.04. The molecule has 0 aromatic rings. The van der Waals surface area contributed by atoms with Crippen LogP contribution in [-0.2, 0) is 9.53 Å². The van der Waals surface area contributed by atoms with Crippen molar-refractivity contribution in [2.24, 2.45) is 0 Å². The molecule has 0 amide bonds. The molecule has 0 N–H and O–H groups in total. The predicted molar refractivity (Wildman–Crippen MR) is 78.0 cm³/mol. The van der Waals surface area contributed by atoms with Gasteiger partial charge in [0.2, 0.25) is 0 Å². The summed E-state index contributed by atoms with van der Waals surface area (Å²) in [5, 5.41) is 0. The summed E-state index contributed by atoms with van der Waals surface area (Å²) in [4.78, 5) is 11.3. The standard InChI is InChI=1S/C16H32O2/c1-3-5-6-7-8-9-10-11-12-13-14-16(17)15-18-4-2/h3-15H2,1-2H3. The summed E-state index contributed by atoms with van der Waals surface area (Å²) in [6.45, 7) is 5.14. The Kier molecular flexibility index (Phi) is 14.4. The van der Waals surface area contributed by atoms with Gasteiger partial charge in [0, 0.05) is 13.0 Å². The monoisotopic (exact) mass is 256 g/mol. The highest BCUT2D eigenvalue weighted by Gasteiger charge is 2.00. The van der Waals surface area contributed by atoms with Crippen molar-refractivity contribution in [3.8, 4) is 0 Å². The van der Waals surface area contributed by atoms with Gasteiger partial charge in [-0.3, -0.25) is 4.79 Å². The second-order valence-electron chi connectivity index (χ2n) is 5.11. The van der Waals surface area contributed by atoms with Gasteiger partial charge in [-0.2, -0.15) is 0 Å². The fourth-order valence-corrected chi connectivity index (χ4v) is 2.10. The van der Waals surface area contributed by atoms with Gasteiger partial charge in [0.1, 0.15) is 6.61 Å². The van der Waals surface area contributed by atoms with E-state index in [4.69, 9.17) is 4.74 Å². The maximum Gasteiger partial charge on any atom is 0.158 e. The van der Waals surface area contributed by atoms with Crippen molar-refractivity contribution in [3.63, 3.8) is 0 Å². The van der Waals surface area contributed by atoms with E-state index in [1.807, 2.05) is 6.92 Å². The van der Waals surface area contributed by atoms with Crippen molar-refractivity contribution in [3.05, 3.63) is 0 Å². The fourth-order valence-electron chi connectivity index (χ4n) is 2.10. The number of hydrogen-bond acceptors (Lipinski definition) is 2. The van der Waals surface area contributed by atoms with Crippen LogP contribution in [0.25, 0.3) is 0 Å². The van der Waals surface area contributed by atoms with Crippen LogP contribution in [0.5, 0.6) is 0 Å². The number of unbranched alkanes of at least 4 members (excludes halogenated alkanes) is 9. The molecule has 0 saturated heterocycles. The molecule has 0 aliphatic rings. The number of rotatable bonds is 14. The van der Waals surface area contributed by atoms with Gasteiger partial charge in [0.15, 0.2) is 5.78 Å². The van der Waals surface area contributed by atoms with Gasteiger partial charge in [-0.25, -0.2) is 0 Å². The van der Waals surface area contributed by atoms with Crippen LogP contribution in [0.2, 0.25) is 0 Å². The molecule has 108 valence electrons. The van der Waals surface area contributed by atoms with E-state index in [9.17, 15) is 4.79 Å². The second-order valence-corrected chi connectivity index (χ2v) is 5.11. The fraction of sp³-hybridized carbons (Fsp3) is 0.938. The zero-order valence-electron chi connectivity index (χ0n) is 12.5. The summed E-state index contributed by atoms with van der Waals surface area (Å²) in [7, 11) is 0. The molecule has 18 heavy (non-hydrogen) atoms. The number of hydrogen-bond donors (Lipinski definition) is 0. The van der Waals surface area contributed by atoms with E-state index in [2.05, 4.69) is 6.92 Å². The van der Waals surface area contributed by atoms with Crippen LogP contribution in [0.1, 0.15) is 84.5 Å². The van der Waals surface area contributed by atoms with Crippen molar-refractivity contribution in [1.82, 2.24) is 0 Å². The lowest BCUT2D eigenvalue weighted by atomic mass is 10.1. The first-order valence-electron chi connectivity index (χ1n) is 7.90. The van der Waals surface area contributed by atoms with Gasteiger partial charge in [-0.1, -0.05) is 64.7 Å². The minimum Gasteiger partial charge on any atom is -0.374 e. The Hall–Kier alpha value is -0.370. The van der Waals surface area contributed by atoms with Crippen molar-refractivity contribution >= 4 is 5.78 Å². The average Bonchev–Trinajstić information content (AvgIpc) is 2.38. The Bertz CT molecular complexity index is 178. The molecule has 0 spiro atoms. The quantitative estimate of drug-likeness (QED) is 0.413. The topological polar surface area (TPSA) is 26.3 Å². The number of ether oxygens (including phenoxy) is 1. The highest BCUT2D eigenvalue weighted by Crippen LogP contribution is 2.11. The number of Topliss-reactive ketones (excluding diaryl/α,β-unsaturated/α-hetero) is 1. The summed E-state index contributed by atoms with van der Waals surface area (Å²) in [6.07, 6.45) is 13.9.